The summed E-state index contributed by atoms with van der Waals surface area (Å²) in [6.45, 7) is 0.754. The lowest BCUT2D eigenvalue weighted by Gasteiger charge is -2.01. The first-order valence-electron chi connectivity index (χ1n) is 9.78. The highest BCUT2D eigenvalue weighted by molar-refractivity contribution is 6.06. The van der Waals surface area contributed by atoms with E-state index in [-0.39, 0.29) is 5.82 Å². The van der Waals surface area contributed by atoms with E-state index in [0.29, 0.717) is 0 Å². The van der Waals surface area contributed by atoms with Gasteiger partial charge in [-0.2, -0.15) is 0 Å². The number of halogens is 1. The average molecular weight is 373 g/mol. The van der Waals surface area contributed by atoms with Crippen LogP contribution in [0.1, 0.15) is 36.1 Å². The predicted molar refractivity (Wildman–Crippen MR) is 116 cm³/mol. The van der Waals surface area contributed by atoms with Gasteiger partial charge in [-0.05, 0) is 73.3 Å². The van der Waals surface area contributed by atoms with Crippen molar-refractivity contribution in [2.75, 3.05) is 6.54 Å². The second kappa shape index (κ2) is 8.36. The molecule has 0 fully saturated rings. The Morgan fingerprint density at radius 2 is 1.75 bits per heavy atom. The highest BCUT2D eigenvalue weighted by Gasteiger charge is 2.07. The third-order valence-corrected chi connectivity index (χ3v) is 4.99. The van der Waals surface area contributed by atoms with E-state index in [1.165, 1.54) is 12.1 Å². The number of H-pyrrole nitrogens is 1. The summed E-state index contributed by atoms with van der Waals surface area (Å²) in [5, 5.41) is 2.28. The molecule has 0 aliphatic carbocycles. The lowest BCUT2D eigenvalue weighted by molar-refractivity contribution is 0.627. The van der Waals surface area contributed by atoms with Gasteiger partial charge in [-0.15, -0.1) is 0 Å². The molecule has 0 aliphatic rings. The fraction of sp³-hybridized carbons (Fsp3) is 0.208. The van der Waals surface area contributed by atoms with Gasteiger partial charge in [0.1, 0.15) is 11.5 Å². The van der Waals surface area contributed by atoms with E-state index in [2.05, 4.69) is 35.3 Å². The van der Waals surface area contributed by atoms with Gasteiger partial charge in [0.05, 0.1) is 0 Å². The number of aromatic amines is 1. The second-order valence-corrected chi connectivity index (χ2v) is 7.12. The van der Waals surface area contributed by atoms with Crippen molar-refractivity contribution in [1.82, 2.24) is 9.97 Å². The highest BCUT2D eigenvalue weighted by Crippen LogP contribution is 2.26. The summed E-state index contributed by atoms with van der Waals surface area (Å²) in [6, 6.07) is 17.1. The summed E-state index contributed by atoms with van der Waals surface area (Å²) in [5.41, 5.74) is 10.6. The zero-order valence-corrected chi connectivity index (χ0v) is 15.8. The monoisotopic (exact) mass is 373 g/mol. The number of nitrogens with zero attached hydrogens (tertiary/aromatic N) is 1. The number of hydrogen-bond donors (Lipinski definition) is 2. The van der Waals surface area contributed by atoms with E-state index < -0.39 is 0 Å². The van der Waals surface area contributed by atoms with Crippen molar-refractivity contribution < 1.29 is 4.39 Å². The molecule has 0 saturated heterocycles. The number of fused-ring (bicyclic) bond motifs is 3. The summed E-state index contributed by atoms with van der Waals surface area (Å²) in [6.07, 6.45) is 8.24. The number of nitrogens with one attached hydrogen (secondary N) is 1. The molecule has 2 aromatic heterocycles. The van der Waals surface area contributed by atoms with E-state index in [4.69, 9.17) is 10.7 Å². The fourth-order valence-electron chi connectivity index (χ4n) is 3.51. The second-order valence-electron chi connectivity index (χ2n) is 7.12. The molecular formula is C24H24FN3. The maximum atomic E-state index is 13.3. The molecule has 0 saturated carbocycles. The SMILES string of the molecule is NCCCCCc1ccc2c(n1)[nH]c1ccc(C=Cc3cccc(F)c3)cc12. The van der Waals surface area contributed by atoms with Crippen LogP contribution in [0.4, 0.5) is 4.39 Å². The zero-order chi connectivity index (χ0) is 19.3. The zero-order valence-electron chi connectivity index (χ0n) is 15.8. The minimum Gasteiger partial charge on any atom is -0.339 e. The normalized spacial score (nSPS) is 11.8. The summed E-state index contributed by atoms with van der Waals surface area (Å²) in [4.78, 5) is 8.22. The third-order valence-electron chi connectivity index (χ3n) is 4.99. The maximum absolute atomic E-state index is 13.3. The van der Waals surface area contributed by atoms with E-state index in [1.807, 2.05) is 18.2 Å². The van der Waals surface area contributed by atoms with Crippen LogP contribution in [-0.2, 0) is 6.42 Å². The summed E-state index contributed by atoms with van der Waals surface area (Å²) in [5.74, 6) is -0.223. The Morgan fingerprint density at radius 3 is 2.57 bits per heavy atom. The smallest absolute Gasteiger partial charge is 0.138 e. The van der Waals surface area contributed by atoms with Crippen LogP contribution in [0.3, 0.4) is 0 Å². The van der Waals surface area contributed by atoms with E-state index in [0.717, 1.165) is 71.0 Å². The van der Waals surface area contributed by atoms with E-state index >= 15 is 0 Å². The van der Waals surface area contributed by atoms with Gasteiger partial charge in [0.15, 0.2) is 0 Å². The number of pyridine rings is 1. The van der Waals surface area contributed by atoms with Crippen molar-refractivity contribution in [2.24, 2.45) is 5.73 Å². The number of rotatable bonds is 7. The van der Waals surface area contributed by atoms with Crippen LogP contribution >= 0.6 is 0 Å². The molecule has 3 nitrogen and oxygen atoms in total. The van der Waals surface area contributed by atoms with Crippen molar-refractivity contribution in [3.05, 3.63) is 77.2 Å². The van der Waals surface area contributed by atoms with Crippen LogP contribution < -0.4 is 5.73 Å². The van der Waals surface area contributed by atoms with E-state index in [1.54, 1.807) is 6.07 Å². The molecule has 0 aliphatic heterocycles. The van der Waals surface area contributed by atoms with Gasteiger partial charge in [-0.3, -0.25) is 0 Å². The van der Waals surface area contributed by atoms with Gasteiger partial charge in [0, 0.05) is 22.0 Å². The molecule has 2 heterocycles. The van der Waals surface area contributed by atoms with Crippen LogP contribution in [0.2, 0.25) is 0 Å². The summed E-state index contributed by atoms with van der Waals surface area (Å²) >= 11 is 0. The molecule has 4 heteroatoms. The number of aromatic nitrogens is 2. The Balaban J connectivity index is 1.59. The Labute approximate surface area is 164 Å². The van der Waals surface area contributed by atoms with Crippen LogP contribution in [-0.4, -0.2) is 16.5 Å². The first-order valence-corrected chi connectivity index (χ1v) is 9.78. The minimum atomic E-state index is -0.223. The number of unbranched alkanes of at least 4 members (excludes halogenated alkanes) is 2. The standard InChI is InChI=1S/C24H24FN3/c25-19-6-4-5-17(15-19)8-9-18-10-13-23-22(16-18)21-12-11-20(27-24(21)28-23)7-2-1-3-14-26/h4-6,8-13,15-16H,1-3,7,14,26H2,(H,27,28). The number of benzene rings is 2. The quantitative estimate of drug-likeness (QED) is 0.323. The van der Waals surface area contributed by atoms with Crippen LogP contribution in [0.15, 0.2) is 54.6 Å². The molecule has 0 atom stereocenters. The molecule has 3 N–H and O–H groups in total. The topological polar surface area (TPSA) is 54.7 Å². The molecule has 0 amide bonds. The number of nitrogens with two attached hydrogens (primary N) is 1. The third kappa shape index (κ3) is 4.12. The molecule has 0 unspecified atom stereocenters. The first-order chi connectivity index (χ1) is 13.7. The van der Waals surface area contributed by atoms with Gasteiger partial charge in [0.25, 0.3) is 0 Å². The molecule has 0 spiro atoms. The Hall–Kier alpha value is -2.98. The van der Waals surface area contributed by atoms with Crippen LogP contribution in [0, 0.1) is 5.82 Å². The molecule has 4 aromatic rings. The van der Waals surface area contributed by atoms with Gasteiger partial charge in [0.2, 0.25) is 0 Å². The molecular weight excluding hydrogens is 349 g/mol. The van der Waals surface area contributed by atoms with Gasteiger partial charge >= 0.3 is 0 Å². The van der Waals surface area contributed by atoms with Crippen molar-refractivity contribution in [2.45, 2.75) is 25.7 Å². The molecule has 0 bridgehead atoms. The Kier molecular flexibility index (Phi) is 5.49. The maximum Gasteiger partial charge on any atom is 0.138 e. The van der Waals surface area contributed by atoms with Gasteiger partial charge in [-0.25, -0.2) is 9.37 Å². The van der Waals surface area contributed by atoms with Crippen molar-refractivity contribution in [3.63, 3.8) is 0 Å². The molecule has 142 valence electrons. The summed E-state index contributed by atoms with van der Waals surface area (Å²) < 4.78 is 13.3. The number of hydrogen-bond acceptors (Lipinski definition) is 2. The Morgan fingerprint density at radius 1 is 0.893 bits per heavy atom. The van der Waals surface area contributed by atoms with Gasteiger partial charge in [-0.1, -0.05) is 36.8 Å². The molecule has 0 radical (unpaired) electrons. The molecule has 28 heavy (non-hydrogen) atoms. The molecule has 4 rings (SSSR count). The predicted octanol–water partition coefficient (Wildman–Crippen LogP) is 5.70. The average Bonchev–Trinajstić information content (AvgIpc) is 3.07. The van der Waals surface area contributed by atoms with Crippen molar-refractivity contribution >= 4 is 34.1 Å². The lowest BCUT2D eigenvalue weighted by atomic mass is 10.1. The van der Waals surface area contributed by atoms with Gasteiger partial charge < -0.3 is 10.7 Å². The van der Waals surface area contributed by atoms with Crippen molar-refractivity contribution in [1.29, 1.82) is 0 Å². The Bertz CT molecular complexity index is 1130. The van der Waals surface area contributed by atoms with Crippen molar-refractivity contribution in [3.8, 4) is 0 Å². The largest absolute Gasteiger partial charge is 0.339 e. The molecule has 2 aromatic carbocycles. The fourth-order valence-corrected chi connectivity index (χ4v) is 3.51. The lowest BCUT2D eigenvalue weighted by Crippen LogP contribution is -1.98. The van der Waals surface area contributed by atoms with Crippen LogP contribution in [0.5, 0.6) is 0 Å². The highest BCUT2D eigenvalue weighted by atomic mass is 19.1. The van der Waals surface area contributed by atoms with E-state index in [9.17, 15) is 4.39 Å². The first kappa shape index (κ1) is 18.4. The minimum absolute atomic E-state index is 0.223. The number of aryl methyl sites for hydroxylation is 1. The van der Waals surface area contributed by atoms with Crippen LogP contribution in [0.25, 0.3) is 34.1 Å². The summed E-state index contributed by atoms with van der Waals surface area (Å²) in [7, 11) is 0.